The zero-order valence-corrected chi connectivity index (χ0v) is 38.9. The lowest BCUT2D eigenvalue weighted by atomic mass is 9.91. The molecule has 0 bridgehead atoms. The molecule has 2 heterocycles. The van der Waals surface area contributed by atoms with Crippen LogP contribution in [0.15, 0.2) is 138 Å². The molecule has 2 atom stereocenters. The van der Waals surface area contributed by atoms with Gasteiger partial charge in [-0.15, -0.1) is 0 Å². The van der Waals surface area contributed by atoms with Crippen molar-refractivity contribution >= 4 is 46.4 Å². The van der Waals surface area contributed by atoms with Crippen LogP contribution < -0.4 is 24.6 Å². The normalized spacial score (nSPS) is 15.2. The molecule has 7 rings (SSSR count). The maximum Gasteiger partial charge on any atom is 0.408 e. The highest BCUT2D eigenvalue weighted by atomic mass is 32.2. The molecule has 1 aliphatic rings. The maximum absolute atomic E-state index is 14.3. The van der Waals surface area contributed by atoms with Gasteiger partial charge in [0.15, 0.2) is 4.90 Å². The molecule has 0 spiro atoms. The van der Waals surface area contributed by atoms with E-state index >= 15 is 0 Å². The Morgan fingerprint density at radius 2 is 1.45 bits per heavy atom. The van der Waals surface area contributed by atoms with Crippen LogP contribution in [0.4, 0.5) is 10.5 Å². The van der Waals surface area contributed by atoms with Gasteiger partial charge in [0.1, 0.15) is 28.9 Å². The molecule has 1 fully saturated rings. The Labute approximate surface area is 383 Å². The molecule has 66 heavy (non-hydrogen) atoms. The van der Waals surface area contributed by atoms with Gasteiger partial charge in [-0.25, -0.2) is 17.9 Å². The Hall–Kier alpha value is -6.93. The summed E-state index contributed by atoms with van der Waals surface area (Å²) in [4.78, 5) is 41.8. The van der Waals surface area contributed by atoms with Crippen LogP contribution in [0.2, 0.25) is 5.04 Å². The average Bonchev–Trinajstić information content (AvgIpc) is 3.71. The van der Waals surface area contributed by atoms with Gasteiger partial charge in [-0.05, 0) is 39.2 Å². The minimum atomic E-state index is -4.48. The van der Waals surface area contributed by atoms with Crippen LogP contribution in [0.3, 0.4) is 0 Å². The molecule has 17 nitrogen and oxygen atoms in total. The molecule has 19 heteroatoms. The number of nitro benzene ring substituents is 1. The third-order valence-corrected chi connectivity index (χ3v) is 18.1. The minimum Gasteiger partial charge on any atom is -0.497 e. The molecule has 1 saturated heterocycles. The van der Waals surface area contributed by atoms with Crippen molar-refractivity contribution in [3.63, 3.8) is 0 Å². The molecule has 0 radical (unpaired) electrons. The molecule has 1 aromatic heterocycles. The number of sulfonamides is 1. The van der Waals surface area contributed by atoms with Gasteiger partial charge in [0, 0.05) is 30.8 Å². The van der Waals surface area contributed by atoms with Crippen LogP contribution in [-0.2, 0) is 52.0 Å². The second-order valence-corrected chi connectivity index (χ2v) is 22.7. The molecule has 0 saturated carbocycles. The molecule has 6 aromatic rings. The molecule has 0 aliphatic carbocycles. The van der Waals surface area contributed by atoms with Crippen molar-refractivity contribution in [2.45, 2.75) is 75.6 Å². The first kappa shape index (κ1) is 47.0. The number of para-hydroxylation sites is 1. The Morgan fingerprint density at radius 3 is 2.03 bits per heavy atom. The number of carbonyl (C=O) groups is 2. The number of amides is 2. The first-order chi connectivity index (χ1) is 31.6. The van der Waals surface area contributed by atoms with Gasteiger partial charge in [0.05, 0.1) is 44.9 Å². The molecular formula is C47H51N7O10SSi. The number of nitro groups is 1. The number of β-lactam (4-membered cyclic amide) rings is 1. The topological polar surface area (TPSA) is 209 Å². The number of likely N-dealkylation sites (tertiary alicyclic amines) is 1. The van der Waals surface area contributed by atoms with Gasteiger partial charge in [-0.1, -0.05) is 124 Å². The molecule has 344 valence electrons. The first-order valence-corrected chi connectivity index (χ1v) is 24.4. The van der Waals surface area contributed by atoms with E-state index in [-0.39, 0.29) is 37.6 Å². The third kappa shape index (κ3) is 9.69. The largest absolute Gasteiger partial charge is 0.497 e. The fourth-order valence-corrected chi connectivity index (χ4v) is 14.1. The van der Waals surface area contributed by atoms with Crippen LogP contribution in [0.5, 0.6) is 11.5 Å². The lowest BCUT2D eigenvalue weighted by Crippen LogP contribution is -2.71. The van der Waals surface area contributed by atoms with Crippen molar-refractivity contribution in [3.8, 4) is 11.5 Å². The average molecular weight is 934 g/mol. The summed E-state index contributed by atoms with van der Waals surface area (Å²) in [5.74, 6) is 0.548. The third-order valence-electron chi connectivity index (χ3n) is 11.7. The fraction of sp³-hybridized carbons (Fsp3) is 0.277. The zero-order valence-electron chi connectivity index (χ0n) is 37.1. The Kier molecular flexibility index (Phi) is 14.0. The highest BCUT2D eigenvalue weighted by molar-refractivity contribution is 7.89. The van der Waals surface area contributed by atoms with Gasteiger partial charge in [0.2, 0.25) is 15.9 Å². The number of aromatic nitrogens is 3. The number of carbonyl (C=O) groups excluding carboxylic acids is 1. The number of hydrogen-bond donors (Lipinski definition) is 2. The summed E-state index contributed by atoms with van der Waals surface area (Å²) >= 11 is 0. The summed E-state index contributed by atoms with van der Waals surface area (Å²) in [5, 5.41) is 33.7. The van der Waals surface area contributed by atoms with E-state index in [1.165, 1.54) is 36.0 Å². The highest BCUT2D eigenvalue weighted by Crippen LogP contribution is 2.38. The van der Waals surface area contributed by atoms with Gasteiger partial charge >= 0.3 is 6.09 Å². The summed E-state index contributed by atoms with van der Waals surface area (Å²) in [6, 6.07) is 37.0. The molecule has 2 N–H and O–H groups in total. The van der Waals surface area contributed by atoms with Gasteiger partial charge in [-0.3, -0.25) is 19.8 Å². The summed E-state index contributed by atoms with van der Waals surface area (Å²) in [7, 11) is -4.65. The van der Waals surface area contributed by atoms with Crippen molar-refractivity contribution in [1.29, 1.82) is 0 Å². The minimum absolute atomic E-state index is 0.0412. The lowest BCUT2D eigenvalue weighted by molar-refractivity contribution is -0.387. The number of methoxy groups -OCH3 is 2. The van der Waals surface area contributed by atoms with Gasteiger partial charge in [-0.2, -0.15) is 15.0 Å². The van der Waals surface area contributed by atoms with E-state index in [2.05, 4.69) is 25.5 Å². The van der Waals surface area contributed by atoms with Crippen molar-refractivity contribution < 1.29 is 41.9 Å². The standard InChI is InChI=1S/C47H51N7O10SSi/c1-47(2,3)66(36-19-11-7-12-20-36,37-21-13-8-14-22-37)64-32-39-38(28-48-65(60,61)43-24-16-15-23-40(43)54(58)59)49-53(50-39)31-41-44(52(46(56)57)29-33-17-9-6-10-18-33)45(55)51(41)30-34-25-26-35(62-4)27-42(34)63-5/h6-27,41,44,48H,28-32H2,1-5H3,(H,56,57)/t41-,44+/m1/s1. The molecule has 5 aromatic carbocycles. The predicted octanol–water partition coefficient (Wildman–Crippen LogP) is 5.72. The first-order valence-electron chi connectivity index (χ1n) is 21.0. The number of hydrogen-bond acceptors (Lipinski definition) is 11. The Balaban J connectivity index is 1.30. The number of nitrogens with zero attached hydrogens (tertiary/aromatic N) is 6. The van der Waals surface area contributed by atoms with Crippen LogP contribution in [0, 0.1) is 10.1 Å². The van der Waals surface area contributed by atoms with E-state index in [9.17, 15) is 33.2 Å². The Morgan fingerprint density at radius 1 is 0.864 bits per heavy atom. The SMILES string of the molecule is COc1ccc(CN2C(=O)[C@@H](N(Cc3ccccc3)C(=O)O)[C@H]2Cn2nc(CNS(=O)(=O)c3ccccc3[N+](=O)[O-])c(CO[Si](c3ccccc3)(c3ccccc3)C(C)(C)C)n2)c(OC)c1. The molecule has 0 unspecified atom stereocenters. The lowest BCUT2D eigenvalue weighted by Gasteiger charge is -2.50. The molecular weight excluding hydrogens is 883 g/mol. The van der Waals surface area contributed by atoms with Crippen LogP contribution >= 0.6 is 0 Å². The van der Waals surface area contributed by atoms with Gasteiger partial charge < -0.3 is 23.9 Å². The van der Waals surface area contributed by atoms with E-state index in [0.717, 1.165) is 27.4 Å². The van der Waals surface area contributed by atoms with Crippen molar-refractivity contribution in [2.75, 3.05) is 14.2 Å². The van der Waals surface area contributed by atoms with E-state index in [4.69, 9.17) is 24.1 Å². The van der Waals surface area contributed by atoms with Crippen LogP contribution in [0.25, 0.3) is 0 Å². The number of nitrogens with one attached hydrogen (secondary N) is 1. The zero-order chi connectivity index (χ0) is 47.2. The van der Waals surface area contributed by atoms with Gasteiger partial charge in [0.25, 0.3) is 14.0 Å². The van der Waals surface area contributed by atoms with E-state index in [0.29, 0.717) is 22.6 Å². The number of carboxylic acid groups (broad SMARTS) is 1. The number of ether oxygens (including phenoxy) is 2. The predicted molar refractivity (Wildman–Crippen MR) is 247 cm³/mol. The molecule has 1 aliphatic heterocycles. The van der Waals surface area contributed by atoms with Crippen molar-refractivity contribution in [2.24, 2.45) is 0 Å². The van der Waals surface area contributed by atoms with Crippen LogP contribution in [0.1, 0.15) is 43.3 Å². The quantitative estimate of drug-likeness (QED) is 0.0433. The van der Waals surface area contributed by atoms with Crippen molar-refractivity contribution in [1.82, 2.24) is 29.5 Å². The molecule has 2 amide bonds. The summed E-state index contributed by atoms with van der Waals surface area (Å²) < 4.78 is 48.3. The summed E-state index contributed by atoms with van der Waals surface area (Å²) in [6.45, 7) is 5.61. The highest BCUT2D eigenvalue weighted by Gasteiger charge is 2.53. The van der Waals surface area contributed by atoms with E-state index < -0.39 is 69.5 Å². The number of rotatable bonds is 19. The van der Waals surface area contributed by atoms with E-state index in [1.807, 2.05) is 66.7 Å². The summed E-state index contributed by atoms with van der Waals surface area (Å²) in [6.07, 6.45) is -1.30. The Bertz CT molecular complexity index is 2750. The number of benzene rings is 5. The summed E-state index contributed by atoms with van der Waals surface area (Å²) in [5.41, 5.74) is 1.13. The second-order valence-electron chi connectivity index (χ2n) is 16.7. The maximum atomic E-state index is 14.3. The second kappa shape index (κ2) is 19.7. The fourth-order valence-electron chi connectivity index (χ4n) is 8.48. The van der Waals surface area contributed by atoms with Crippen LogP contribution in [-0.4, -0.2) is 89.9 Å². The van der Waals surface area contributed by atoms with E-state index in [1.54, 1.807) is 42.5 Å². The van der Waals surface area contributed by atoms with Crippen molar-refractivity contribution in [3.05, 3.63) is 166 Å². The smallest absolute Gasteiger partial charge is 0.408 e. The monoisotopic (exact) mass is 933 g/mol.